The molecule has 1 aliphatic heterocycles. The van der Waals surface area contributed by atoms with Gasteiger partial charge in [-0.3, -0.25) is 0 Å². The predicted molar refractivity (Wildman–Crippen MR) is 76.2 cm³/mol. The van der Waals surface area contributed by atoms with Gasteiger partial charge in [0.1, 0.15) is 0 Å². The molecule has 1 heterocycles. The Morgan fingerprint density at radius 1 is 1.41 bits per heavy atom. The molecule has 0 amide bonds. The average molecular weight is 272 g/mol. The highest BCUT2D eigenvalue weighted by atomic mass is 35.5. The van der Waals surface area contributed by atoms with Gasteiger partial charge < -0.3 is 4.90 Å². The van der Waals surface area contributed by atoms with Gasteiger partial charge in [0.2, 0.25) is 0 Å². The zero-order valence-electron chi connectivity index (χ0n) is 10.4. The van der Waals surface area contributed by atoms with Gasteiger partial charge >= 0.3 is 0 Å². The van der Waals surface area contributed by atoms with Gasteiger partial charge in [0, 0.05) is 18.5 Å². The maximum Gasteiger partial charge on any atom is 0.0642 e. The molecule has 1 fully saturated rings. The van der Waals surface area contributed by atoms with E-state index in [-0.39, 0.29) is 0 Å². The van der Waals surface area contributed by atoms with Crippen LogP contribution in [0.3, 0.4) is 0 Å². The number of alkyl halides is 1. The van der Waals surface area contributed by atoms with Gasteiger partial charge in [-0.15, -0.1) is 11.6 Å². The third kappa shape index (κ3) is 2.71. The smallest absolute Gasteiger partial charge is 0.0642 e. The molecule has 1 unspecified atom stereocenters. The van der Waals surface area contributed by atoms with E-state index >= 15 is 0 Å². The van der Waals surface area contributed by atoms with Crippen molar-refractivity contribution < 1.29 is 0 Å². The van der Waals surface area contributed by atoms with Crippen molar-refractivity contribution in [2.24, 2.45) is 5.92 Å². The molecule has 3 heteroatoms. The van der Waals surface area contributed by atoms with Crippen LogP contribution in [0.2, 0.25) is 5.02 Å². The Balaban J connectivity index is 2.27. The molecule has 1 saturated heterocycles. The van der Waals surface area contributed by atoms with E-state index < -0.39 is 0 Å². The first kappa shape index (κ1) is 13.0. The molecule has 0 aromatic heterocycles. The molecule has 2 rings (SSSR count). The maximum absolute atomic E-state index is 6.36. The molecule has 0 bridgehead atoms. The Labute approximate surface area is 114 Å². The Kier molecular flexibility index (Phi) is 4.22. The molecule has 0 N–H and O–H groups in total. The summed E-state index contributed by atoms with van der Waals surface area (Å²) in [5.41, 5.74) is 2.25. The Morgan fingerprint density at radius 2 is 2.18 bits per heavy atom. The third-order valence-electron chi connectivity index (χ3n) is 3.54. The molecule has 94 valence electrons. The van der Waals surface area contributed by atoms with Gasteiger partial charge in [-0.05, 0) is 36.5 Å². The van der Waals surface area contributed by atoms with Gasteiger partial charge in [-0.2, -0.15) is 0 Å². The second-order valence-electron chi connectivity index (χ2n) is 5.07. The summed E-state index contributed by atoms with van der Waals surface area (Å²) in [6, 6.07) is 6.79. The van der Waals surface area contributed by atoms with Gasteiger partial charge in [-0.1, -0.05) is 31.5 Å². The maximum atomic E-state index is 6.36. The van der Waals surface area contributed by atoms with Crippen molar-refractivity contribution >= 4 is 28.9 Å². The number of rotatable bonds is 3. The lowest BCUT2D eigenvalue weighted by Crippen LogP contribution is -2.33. The normalized spacial score (nSPS) is 20.3. The van der Waals surface area contributed by atoms with Crippen molar-refractivity contribution in [3.05, 3.63) is 28.8 Å². The van der Waals surface area contributed by atoms with Crippen LogP contribution in [0.1, 0.15) is 32.3 Å². The van der Waals surface area contributed by atoms with Crippen LogP contribution in [0.15, 0.2) is 18.2 Å². The van der Waals surface area contributed by atoms with Crippen molar-refractivity contribution in [1.29, 1.82) is 0 Å². The molecule has 17 heavy (non-hydrogen) atoms. The molecule has 1 aromatic carbocycles. The molecular weight excluding hydrogens is 253 g/mol. The number of hydrogen-bond acceptors (Lipinski definition) is 1. The SMILES string of the molecule is CC(C)C1CCCN1c1ccc(CCl)cc1Cl. The summed E-state index contributed by atoms with van der Waals surface area (Å²) < 4.78 is 0. The minimum absolute atomic E-state index is 0.521. The van der Waals surface area contributed by atoms with E-state index in [1.165, 1.54) is 12.8 Å². The Morgan fingerprint density at radius 3 is 2.76 bits per heavy atom. The number of benzene rings is 1. The highest BCUT2D eigenvalue weighted by Crippen LogP contribution is 2.35. The summed E-state index contributed by atoms with van der Waals surface area (Å²) in [5, 5.41) is 0.829. The van der Waals surface area contributed by atoms with Crippen LogP contribution in [-0.2, 0) is 5.88 Å². The largest absolute Gasteiger partial charge is 0.367 e. The zero-order chi connectivity index (χ0) is 12.4. The lowest BCUT2D eigenvalue weighted by atomic mass is 10.0. The average Bonchev–Trinajstić information content (AvgIpc) is 2.77. The van der Waals surface area contributed by atoms with E-state index in [0.717, 1.165) is 22.8 Å². The van der Waals surface area contributed by atoms with Gasteiger partial charge in [0.05, 0.1) is 10.7 Å². The van der Waals surface area contributed by atoms with Crippen LogP contribution in [0.5, 0.6) is 0 Å². The highest BCUT2D eigenvalue weighted by molar-refractivity contribution is 6.33. The molecule has 0 spiro atoms. The van der Waals surface area contributed by atoms with Crippen molar-refractivity contribution in [2.75, 3.05) is 11.4 Å². The molecule has 0 radical (unpaired) electrons. The standard InChI is InChI=1S/C14H19Cl2N/c1-10(2)13-4-3-7-17(13)14-6-5-11(9-15)8-12(14)16/h5-6,8,10,13H,3-4,7,9H2,1-2H3. The number of nitrogens with zero attached hydrogens (tertiary/aromatic N) is 1. The number of halogens is 2. The van der Waals surface area contributed by atoms with Crippen molar-refractivity contribution in [3.63, 3.8) is 0 Å². The fourth-order valence-electron chi connectivity index (χ4n) is 2.65. The van der Waals surface area contributed by atoms with E-state index in [1.807, 2.05) is 6.07 Å². The topological polar surface area (TPSA) is 3.24 Å². The summed E-state index contributed by atoms with van der Waals surface area (Å²) in [6.07, 6.45) is 2.53. The van der Waals surface area contributed by atoms with E-state index in [9.17, 15) is 0 Å². The van der Waals surface area contributed by atoms with Crippen LogP contribution in [0, 0.1) is 5.92 Å². The second kappa shape index (κ2) is 5.49. The molecule has 1 aromatic rings. The number of hydrogen-bond donors (Lipinski definition) is 0. The van der Waals surface area contributed by atoms with E-state index in [0.29, 0.717) is 17.8 Å². The first-order valence-corrected chi connectivity index (χ1v) is 7.15. The lowest BCUT2D eigenvalue weighted by molar-refractivity contribution is 0.492. The van der Waals surface area contributed by atoms with Crippen molar-refractivity contribution in [1.82, 2.24) is 0 Å². The molecule has 1 atom stereocenters. The molecular formula is C14H19Cl2N. The van der Waals surface area contributed by atoms with Crippen LogP contribution in [0.25, 0.3) is 0 Å². The first-order chi connectivity index (χ1) is 8.13. The van der Waals surface area contributed by atoms with Gasteiger partial charge in [0.15, 0.2) is 0 Å². The van der Waals surface area contributed by atoms with E-state index in [2.05, 4.69) is 30.9 Å². The van der Waals surface area contributed by atoms with Gasteiger partial charge in [0.25, 0.3) is 0 Å². The Bertz CT molecular complexity index is 390. The highest BCUT2D eigenvalue weighted by Gasteiger charge is 2.28. The first-order valence-electron chi connectivity index (χ1n) is 6.24. The fraction of sp³-hybridized carbons (Fsp3) is 0.571. The minimum atomic E-state index is 0.521. The van der Waals surface area contributed by atoms with Crippen LogP contribution in [-0.4, -0.2) is 12.6 Å². The van der Waals surface area contributed by atoms with Crippen LogP contribution in [0.4, 0.5) is 5.69 Å². The second-order valence-corrected chi connectivity index (χ2v) is 5.74. The molecule has 0 saturated carbocycles. The summed E-state index contributed by atoms with van der Waals surface area (Å²) >= 11 is 12.2. The van der Waals surface area contributed by atoms with E-state index in [1.54, 1.807) is 0 Å². The molecule has 1 aliphatic rings. The van der Waals surface area contributed by atoms with Crippen LogP contribution < -0.4 is 4.90 Å². The third-order valence-corrected chi connectivity index (χ3v) is 4.16. The summed E-state index contributed by atoms with van der Waals surface area (Å²) in [4.78, 5) is 2.45. The number of anilines is 1. The van der Waals surface area contributed by atoms with Crippen molar-refractivity contribution in [2.45, 2.75) is 38.6 Å². The van der Waals surface area contributed by atoms with E-state index in [4.69, 9.17) is 23.2 Å². The minimum Gasteiger partial charge on any atom is -0.367 e. The lowest BCUT2D eigenvalue weighted by Gasteiger charge is -2.30. The monoisotopic (exact) mass is 271 g/mol. The summed E-state index contributed by atoms with van der Waals surface area (Å²) in [6.45, 7) is 5.68. The molecule has 0 aliphatic carbocycles. The van der Waals surface area contributed by atoms with Crippen molar-refractivity contribution in [3.8, 4) is 0 Å². The Hall–Kier alpha value is -0.400. The summed E-state index contributed by atoms with van der Waals surface area (Å²) in [7, 11) is 0. The summed E-state index contributed by atoms with van der Waals surface area (Å²) in [5.74, 6) is 1.19. The predicted octanol–water partition coefficient (Wildman–Crippen LogP) is 4.70. The quantitative estimate of drug-likeness (QED) is 0.721. The fourth-order valence-corrected chi connectivity index (χ4v) is 3.13. The van der Waals surface area contributed by atoms with Gasteiger partial charge in [-0.25, -0.2) is 0 Å². The van der Waals surface area contributed by atoms with Crippen LogP contribution >= 0.6 is 23.2 Å². The molecule has 1 nitrogen and oxygen atoms in total. The zero-order valence-corrected chi connectivity index (χ0v) is 11.9.